The molecule has 1 atom stereocenters. The van der Waals surface area contributed by atoms with Crippen LogP contribution in [0.5, 0.6) is 0 Å². The Morgan fingerprint density at radius 2 is 1.93 bits per heavy atom. The number of rotatable bonds is 2. The van der Waals surface area contributed by atoms with Gasteiger partial charge in [-0.05, 0) is 12.5 Å². The number of aromatic nitrogens is 2. The van der Waals surface area contributed by atoms with Crippen LogP contribution in [0.2, 0.25) is 0 Å². The molecule has 1 heterocycles. The average molecular weight is 202 g/mol. The van der Waals surface area contributed by atoms with Gasteiger partial charge in [0.1, 0.15) is 6.10 Å². The van der Waals surface area contributed by atoms with Crippen LogP contribution in [0.4, 0.5) is 0 Å². The number of imidazole rings is 1. The predicted octanol–water partition coefficient (Wildman–Crippen LogP) is 1.81. The van der Waals surface area contributed by atoms with Gasteiger partial charge in [0.05, 0.1) is 12.0 Å². The molecule has 1 unspecified atom stereocenters. The van der Waals surface area contributed by atoms with Gasteiger partial charge in [-0.3, -0.25) is 0 Å². The summed E-state index contributed by atoms with van der Waals surface area (Å²) >= 11 is 0. The first-order valence-electron chi connectivity index (χ1n) is 4.89. The summed E-state index contributed by atoms with van der Waals surface area (Å²) in [6, 6.07) is 7.83. The molecular weight excluding hydrogens is 188 g/mol. The highest BCUT2D eigenvalue weighted by molar-refractivity contribution is 5.27. The molecule has 0 aliphatic rings. The highest BCUT2D eigenvalue weighted by atomic mass is 16.3. The molecule has 0 aliphatic carbocycles. The van der Waals surface area contributed by atoms with Crippen LogP contribution in [0.15, 0.2) is 36.8 Å². The van der Waals surface area contributed by atoms with E-state index < -0.39 is 6.10 Å². The highest BCUT2D eigenvalue weighted by Gasteiger charge is 2.12. The van der Waals surface area contributed by atoms with Crippen LogP contribution in [-0.4, -0.2) is 14.7 Å². The molecule has 78 valence electrons. The van der Waals surface area contributed by atoms with Gasteiger partial charge in [-0.15, -0.1) is 0 Å². The zero-order valence-electron chi connectivity index (χ0n) is 8.88. The lowest BCUT2D eigenvalue weighted by Gasteiger charge is -2.07. The zero-order chi connectivity index (χ0) is 10.8. The monoisotopic (exact) mass is 202 g/mol. The molecule has 0 amide bonds. The molecule has 0 spiro atoms. The maximum Gasteiger partial charge on any atom is 0.122 e. The lowest BCUT2D eigenvalue weighted by Crippen LogP contribution is -1.99. The summed E-state index contributed by atoms with van der Waals surface area (Å²) in [5.74, 6) is 0. The summed E-state index contributed by atoms with van der Waals surface area (Å²) in [5, 5.41) is 10.0. The maximum atomic E-state index is 10.0. The minimum Gasteiger partial charge on any atom is -0.382 e. The van der Waals surface area contributed by atoms with Gasteiger partial charge in [0, 0.05) is 13.2 Å². The molecule has 3 nitrogen and oxygen atoms in total. The van der Waals surface area contributed by atoms with E-state index >= 15 is 0 Å². The zero-order valence-corrected chi connectivity index (χ0v) is 8.88. The Kier molecular flexibility index (Phi) is 2.56. The lowest BCUT2D eigenvalue weighted by atomic mass is 10.1. The van der Waals surface area contributed by atoms with E-state index in [0.29, 0.717) is 5.69 Å². The van der Waals surface area contributed by atoms with Crippen molar-refractivity contribution in [3.63, 3.8) is 0 Å². The molecule has 1 aromatic heterocycles. The molecule has 15 heavy (non-hydrogen) atoms. The number of hydrogen-bond donors (Lipinski definition) is 1. The second-order valence-corrected chi connectivity index (χ2v) is 3.78. The van der Waals surface area contributed by atoms with E-state index in [1.807, 2.05) is 49.0 Å². The summed E-state index contributed by atoms with van der Waals surface area (Å²) in [6.45, 7) is 2.02. The summed E-state index contributed by atoms with van der Waals surface area (Å²) in [6.07, 6.45) is 2.88. The van der Waals surface area contributed by atoms with E-state index in [-0.39, 0.29) is 0 Å². The molecule has 2 aromatic rings. The number of nitrogens with zero attached hydrogens (tertiary/aromatic N) is 2. The summed E-state index contributed by atoms with van der Waals surface area (Å²) in [5.41, 5.74) is 2.74. The molecule has 0 radical (unpaired) electrons. The highest BCUT2D eigenvalue weighted by Crippen LogP contribution is 2.20. The van der Waals surface area contributed by atoms with Crippen molar-refractivity contribution in [2.45, 2.75) is 13.0 Å². The third-order valence-electron chi connectivity index (χ3n) is 2.40. The Labute approximate surface area is 89.0 Å². The quantitative estimate of drug-likeness (QED) is 0.806. The molecule has 1 N–H and O–H groups in total. The largest absolute Gasteiger partial charge is 0.382 e. The molecule has 0 aliphatic heterocycles. The molecule has 0 bridgehead atoms. The lowest BCUT2D eigenvalue weighted by molar-refractivity contribution is 0.216. The minimum atomic E-state index is -0.633. The third kappa shape index (κ3) is 2.07. The van der Waals surface area contributed by atoms with E-state index in [0.717, 1.165) is 5.56 Å². The van der Waals surface area contributed by atoms with Gasteiger partial charge < -0.3 is 9.67 Å². The van der Waals surface area contributed by atoms with Crippen molar-refractivity contribution < 1.29 is 5.11 Å². The second-order valence-electron chi connectivity index (χ2n) is 3.78. The first-order chi connectivity index (χ1) is 7.16. The Morgan fingerprint density at radius 1 is 1.27 bits per heavy atom. The molecule has 0 saturated carbocycles. The van der Waals surface area contributed by atoms with E-state index in [9.17, 15) is 5.11 Å². The van der Waals surface area contributed by atoms with Gasteiger partial charge in [-0.1, -0.05) is 29.8 Å². The van der Waals surface area contributed by atoms with Crippen LogP contribution >= 0.6 is 0 Å². The number of aryl methyl sites for hydroxylation is 2. The SMILES string of the molecule is Cc1ccc(C(O)c2cn(C)cn2)cc1. The van der Waals surface area contributed by atoms with Crippen molar-refractivity contribution in [1.29, 1.82) is 0 Å². The van der Waals surface area contributed by atoms with Gasteiger partial charge in [-0.25, -0.2) is 4.98 Å². The summed E-state index contributed by atoms with van der Waals surface area (Å²) in [4.78, 5) is 4.13. The van der Waals surface area contributed by atoms with Crippen LogP contribution in [0.3, 0.4) is 0 Å². The van der Waals surface area contributed by atoms with E-state index in [1.165, 1.54) is 5.56 Å². The van der Waals surface area contributed by atoms with Gasteiger partial charge in [0.25, 0.3) is 0 Å². The first kappa shape index (κ1) is 9.93. The van der Waals surface area contributed by atoms with Gasteiger partial charge >= 0.3 is 0 Å². The number of aliphatic hydroxyl groups excluding tert-OH is 1. The normalized spacial score (nSPS) is 12.7. The molecule has 0 saturated heterocycles. The van der Waals surface area contributed by atoms with Gasteiger partial charge in [0.2, 0.25) is 0 Å². The second kappa shape index (κ2) is 3.87. The van der Waals surface area contributed by atoms with E-state index in [4.69, 9.17) is 0 Å². The van der Waals surface area contributed by atoms with Crippen molar-refractivity contribution in [2.75, 3.05) is 0 Å². The van der Waals surface area contributed by atoms with Crippen molar-refractivity contribution in [1.82, 2.24) is 9.55 Å². The Bertz CT molecular complexity index is 445. The van der Waals surface area contributed by atoms with Crippen LogP contribution < -0.4 is 0 Å². The topological polar surface area (TPSA) is 38.0 Å². The molecule has 3 heteroatoms. The number of benzene rings is 1. The van der Waals surface area contributed by atoms with Gasteiger partial charge in [0.15, 0.2) is 0 Å². The molecule has 1 aromatic carbocycles. The summed E-state index contributed by atoms with van der Waals surface area (Å²) < 4.78 is 1.83. The fraction of sp³-hybridized carbons (Fsp3) is 0.250. The van der Waals surface area contributed by atoms with Crippen molar-refractivity contribution in [3.05, 3.63) is 53.6 Å². The molecular formula is C12H14N2O. The fourth-order valence-electron chi connectivity index (χ4n) is 1.49. The minimum absolute atomic E-state index is 0.633. The van der Waals surface area contributed by atoms with Crippen LogP contribution in [0, 0.1) is 6.92 Å². The van der Waals surface area contributed by atoms with Crippen LogP contribution in [0.25, 0.3) is 0 Å². The first-order valence-corrected chi connectivity index (χ1v) is 4.89. The Hall–Kier alpha value is -1.61. The van der Waals surface area contributed by atoms with Crippen molar-refractivity contribution in [2.24, 2.45) is 7.05 Å². The van der Waals surface area contributed by atoms with Crippen LogP contribution in [0.1, 0.15) is 22.9 Å². The third-order valence-corrected chi connectivity index (χ3v) is 2.40. The van der Waals surface area contributed by atoms with E-state index in [2.05, 4.69) is 4.98 Å². The van der Waals surface area contributed by atoms with E-state index in [1.54, 1.807) is 6.33 Å². The number of hydrogen-bond acceptors (Lipinski definition) is 2. The number of aliphatic hydroxyl groups is 1. The standard InChI is InChI=1S/C12H14N2O/c1-9-3-5-10(6-4-9)12(15)11-7-14(2)8-13-11/h3-8,12,15H,1-2H3. The average Bonchev–Trinajstić information content (AvgIpc) is 2.65. The Morgan fingerprint density at radius 3 is 2.47 bits per heavy atom. The van der Waals surface area contributed by atoms with Crippen molar-refractivity contribution in [3.8, 4) is 0 Å². The smallest absolute Gasteiger partial charge is 0.122 e. The van der Waals surface area contributed by atoms with Crippen LogP contribution in [-0.2, 0) is 7.05 Å². The fourth-order valence-corrected chi connectivity index (χ4v) is 1.49. The Balaban J connectivity index is 2.28. The summed E-state index contributed by atoms with van der Waals surface area (Å²) in [7, 11) is 1.89. The van der Waals surface area contributed by atoms with Gasteiger partial charge in [-0.2, -0.15) is 0 Å². The predicted molar refractivity (Wildman–Crippen MR) is 58.4 cm³/mol. The molecule has 2 rings (SSSR count). The molecule has 0 fully saturated rings. The maximum absolute atomic E-state index is 10.0. The van der Waals surface area contributed by atoms with Crippen molar-refractivity contribution >= 4 is 0 Å².